The van der Waals surface area contributed by atoms with Crippen LogP contribution in [0.25, 0.3) is 0 Å². The number of piperidine rings is 1. The van der Waals surface area contributed by atoms with E-state index in [-0.39, 0.29) is 6.10 Å². The van der Waals surface area contributed by atoms with Crippen molar-refractivity contribution in [1.29, 1.82) is 5.26 Å². The van der Waals surface area contributed by atoms with Crippen LogP contribution in [-0.2, 0) is 0 Å². The molecule has 0 bridgehead atoms. The summed E-state index contributed by atoms with van der Waals surface area (Å²) in [5.74, 6) is 0.853. The lowest BCUT2D eigenvalue weighted by molar-refractivity contribution is 0.161. The lowest BCUT2D eigenvalue weighted by atomic mass is 10.1. The largest absolute Gasteiger partial charge is 0.490 e. The Labute approximate surface area is 96.0 Å². The van der Waals surface area contributed by atoms with Crippen LogP contribution in [0, 0.1) is 18.3 Å². The highest BCUT2D eigenvalue weighted by Crippen LogP contribution is 2.22. The smallest absolute Gasteiger partial charge is 0.123 e. The third-order valence-electron chi connectivity index (χ3n) is 2.90. The molecular formula is C13H16N2O. The van der Waals surface area contributed by atoms with Gasteiger partial charge in [-0.05, 0) is 50.6 Å². The average molecular weight is 216 g/mol. The zero-order valence-electron chi connectivity index (χ0n) is 9.49. The average Bonchev–Trinajstić information content (AvgIpc) is 2.33. The Kier molecular flexibility index (Phi) is 3.43. The Bertz CT molecular complexity index is 403. The van der Waals surface area contributed by atoms with Crippen LogP contribution in [0.2, 0.25) is 0 Å². The van der Waals surface area contributed by atoms with Gasteiger partial charge >= 0.3 is 0 Å². The lowest BCUT2D eigenvalue weighted by Crippen LogP contribution is -2.34. The normalized spacial score (nSPS) is 16.8. The van der Waals surface area contributed by atoms with Crippen molar-refractivity contribution in [1.82, 2.24) is 5.32 Å². The molecule has 1 N–H and O–H groups in total. The third kappa shape index (κ3) is 2.53. The topological polar surface area (TPSA) is 45.0 Å². The summed E-state index contributed by atoms with van der Waals surface area (Å²) in [5.41, 5.74) is 1.76. The summed E-state index contributed by atoms with van der Waals surface area (Å²) in [6, 6.07) is 7.73. The Morgan fingerprint density at radius 2 is 2.12 bits per heavy atom. The number of nitrogens with zero attached hydrogens (tertiary/aromatic N) is 1. The van der Waals surface area contributed by atoms with Gasteiger partial charge in [0.2, 0.25) is 0 Å². The molecule has 1 aliphatic rings. The van der Waals surface area contributed by atoms with Crippen molar-refractivity contribution in [2.75, 3.05) is 13.1 Å². The van der Waals surface area contributed by atoms with E-state index in [4.69, 9.17) is 10.00 Å². The summed E-state index contributed by atoms with van der Waals surface area (Å²) in [6.45, 7) is 4.04. The molecule has 0 saturated carbocycles. The fourth-order valence-electron chi connectivity index (χ4n) is 1.89. The van der Waals surface area contributed by atoms with Gasteiger partial charge in [0.1, 0.15) is 11.9 Å². The highest BCUT2D eigenvalue weighted by atomic mass is 16.5. The van der Waals surface area contributed by atoms with Gasteiger partial charge in [0.25, 0.3) is 0 Å². The summed E-state index contributed by atoms with van der Waals surface area (Å²) in [7, 11) is 0. The van der Waals surface area contributed by atoms with E-state index in [1.54, 1.807) is 0 Å². The lowest BCUT2D eigenvalue weighted by Gasteiger charge is -2.24. The summed E-state index contributed by atoms with van der Waals surface area (Å²) in [6.07, 6.45) is 2.36. The van der Waals surface area contributed by atoms with Crippen LogP contribution in [0.4, 0.5) is 0 Å². The first-order valence-electron chi connectivity index (χ1n) is 5.68. The molecule has 1 fully saturated rings. The summed E-state index contributed by atoms with van der Waals surface area (Å²) in [4.78, 5) is 0. The molecule has 0 atom stereocenters. The van der Waals surface area contributed by atoms with Crippen LogP contribution in [0.5, 0.6) is 5.75 Å². The number of rotatable bonds is 2. The van der Waals surface area contributed by atoms with E-state index in [2.05, 4.69) is 11.4 Å². The molecule has 84 valence electrons. The number of hydrogen-bond acceptors (Lipinski definition) is 3. The standard InChI is InChI=1S/C13H16N2O/c1-10-2-3-11(9-14)8-13(10)16-12-4-6-15-7-5-12/h2-3,8,12,15H,4-7H2,1H3. The minimum atomic E-state index is 0.286. The molecule has 1 aromatic rings. The predicted molar refractivity (Wildman–Crippen MR) is 62.4 cm³/mol. The van der Waals surface area contributed by atoms with Gasteiger partial charge < -0.3 is 10.1 Å². The number of aryl methyl sites for hydroxylation is 1. The van der Waals surface area contributed by atoms with E-state index in [0.717, 1.165) is 37.2 Å². The Hall–Kier alpha value is -1.53. The second-order valence-electron chi connectivity index (χ2n) is 4.16. The van der Waals surface area contributed by atoms with Gasteiger partial charge in [0, 0.05) is 0 Å². The first kappa shape index (κ1) is 11.0. The molecule has 3 nitrogen and oxygen atoms in total. The minimum absolute atomic E-state index is 0.286. The maximum atomic E-state index is 8.84. The number of benzene rings is 1. The first-order chi connectivity index (χ1) is 7.79. The molecule has 0 radical (unpaired) electrons. The van der Waals surface area contributed by atoms with Gasteiger partial charge in [-0.15, -0.1) is 0 Å². The van der Waals surface area contributed by atoms with Gasteiger partial charge in [0.05, 0.1) is 11.6 Å². The molecular weight excluding hydrogens is 200 g/mol. The zero-order valence-corrected chi connectivity index (χ0v) is 9.49. The molecule has 0 amide bonds. The van der Waals surface area contributed by atoms with Crippen LogP contribution in [0.3, 0.4) is 0 Å². The predicted octanol–water partition coefficient (Wildman–Crippen LogP) is 2.00. The van der Waals surface area contributed by atoms with Gasteiger partial charge in [-0.3, -0.25) is 0 Å². The highest BCUT2D eigenvalue weighted by Gasteiger charge is 2.15. The molecule has 0 aliphatic carbocycles. The van der Waals surface area contributed by atoms with E-state index in [1.165, 1.54) is 0 Å². The van der Waals surface area contributed by atoms with Crippen molar-refractivity contribution in [3.8, 4) is 11.8 Å². The van der Waals surface area contributed by atoms with E-state index in [0.29, 0.717) is 5.56 Å². The van der Waals surface area contributed by atoms with Crippen molar-refractivity contribution >= 4 is 0 Å². The van der Waals surface area contributed by atoms with Gasteiger partial charge in [-0.25, -0.2) is 0 Å². The molecule has 2 rings (SSSR count). The SMILES string of the molecule is Cc1ccc(C#N)cc1OC1CCNCC1. The Morgan fingerprint density at radius 1 is 1.38 bits per heavy atom. The van der Waals surface area contributed by atoms with Gasteiger partial charge in [0.15, 0.2) is 0 Å². The van der Waals surface area contributed by atoms with Crippen molar-refractivity contribution in [2.45, 2.75) is 25.9 Å². The number of ether oxygens (including phenoxy) is 1. The van der Waals surface area contributed by atoms with Crippen LogP contribution in [0.15, 0.2) is 18.2 Å². The highest BCUT2D eigenvalue weighted by molar-refractivity contribution is 5.41. The summed E-state index contributed by atoms with van der Waals surface area (Å²) < 4.78 is 5.94. The summed E-state index contributed by atoms with van der Waals surface area (Å²) in [5, 5.41) is 12.1. The minimum Gasteiger partial charge on any atom is -0.490 e. The Morgan fingerprint density at radius 3 is 2.81 bits per heavy atom. The molecule has 1 aliphatic heterocycles. The quantitative estimate of drug-likeness (QED) is 0.822. The molecule has 1 aromatic carbocycles. The maximum absolute atomic E-state index is 8.84. The van der Waals surface area contributed by atoms with E-state index in [1.807, 2.05) is 25.1 Å². The second kappa shape index (κ2) is 5.00. The molecule has 0 spiro atoms. The number of nitrogens with one attached hydrogen (secondary N) is 1. The fourth-order valence-corrected chi connectivity index (χ4v) is 1.89. The molecule has 1 heterocycles. The third-order valence-corrected chi connectivity index (χ3v) is 2.90. The monoisotopic (exact) mass is 216 g/mol. The summed E-state index contributed by atoms with van der Waals surface area (Å²) >= 11 is 0. The van der Waals surface area contributed by atoms with Crippen LogP contribution >= 0.6 is 0 Å². The van der Waals surface area contributed by atoms with Crippen molar-refractivity contribution in [3.05, 3.63) is 29.3 Å². The van der Waals surface area contributed by atoms with Crippen LogP contribution in [-0.4, -0.2) is 19.2 Å². The van der Waals surface area contributed by atoms with E-state index < -0.39 is 0 Å². The van der Waals surface area contributed by atoms with Gasteiger partial charge in [-0.2, -0.15) is 5.26 Å². The van der Waals surface area contributed by atoms with Crippen molar-refractivity contribution < 1.29 is 4.74 Å². The van der Waals surface area contributed by atoms with Crippen molar-refractivity contribution in [2.24, 2.45) is 0 Å². The molecule has 1 saturated heterocycles. The van der Waals surface area contributed by atoms with Gasteiger partial charge in [-0.1, -0.05) is 6.07 Å². The zero-order chi connectivity index (χ0) is 11.4. The molecule has 3 heteroatoms. The van der Waals surface area contributed by atoms with Crippen molar-refractivity contribution in [3.63, 3.8) is 0 Å². The molecule has 0 aromatic heterocycles. The van der Waals surface area contributed by atoms with E-state index >= 15 is 0 Å². The first-order valence-corrected chi connectivity index (χ1v) is 5.68. The van der Waals surface area contributed by atoms with Crippen LogP contribution in [0.1, 0.15) is 24.0 Å². The second-order valence-corrected chi connectivity index (χ2v) is 4.16. The molecule has 0 unspecified atom stereocenters. The maximum Gasteiger partial charge on any atom is 0.123 e. The number of nitriles is 1. The molecule has 16 heavy (non-hydrogen) atoms. The Balaban J connectivity index is 2.10. The fraction of sp³-hybridized carbons (Fsp3) is 0.462. The number of hydrogen-bond donors (Lipinski definition) is 1. The van der Waals surface area contributed by atoms with E-state index in [9.17, 15) is 0 Å². The van der Waals surface area contributed by atoms with Crippen LogP contribution < -0.4 is 10.1 Å².